The molecular weight excluding hydrogens is 841 g/mol. The second-order valence-electron chi connectivity index (χ2n) is 17.7. The monoisotopic (exact) mass is 884 g/mol. The minimum absolute atomic E-state index is 0.493. The average molecular weight is 885 g/mol. The summed E-state index contributed by atoms with van der Waals surface area (Å²) in [5, 5.41) is 12.6. The third kappa shape index (κ3) is 7.91. The first kappa shape index (κ1) is 42.4. The van der Waals surface area contributed by atoms with E-state index in [1.165, 1.54) is 33.4 Å². The van der Waals surface area contributed by atoms with Crippen molar-refractivity contribution in [2.75, 3.05) is 0 Å². The zero-order valence-corrected chi connectivity index (χ0v) is 38.7. The van der Waals surface area contributed by atoms with Crippen molar-refractivity contribution in [3.05, 3.63) is 233 Å². The number of aryl methyl sites for hydroxylation is 4. The third-order valence-electron chi connectivity index (χ3n) is 13.0. The number of nitriles is 1. The summed E-state index contributed by atoms with van der Waals surface area (Å²) in [6.45, 7) is 16.7. The van der Waals surface area contributed by atoms with Crippen LogP contribution in [0.3, 0.4) is 0 Å². The second-order valence-corrected chi connectivity index (χ2v) is 17.7. The third-order valence-corrected chi connectivity index (χ3v) is 13.0. The molecule has 326 valence electrons. The fourth-order valence-electron chi connectivity index (χ4n) is 9.76. The van der Waals surface area contributed by atoms with E-state index >= 15 is 0 Å². The topological polar surface area (TPSA) is 71.8 Å². The fraction of sp³-hybridized carbons (Fsp3) is 0.0635. The van der Waals surface area contributed by atoms with Crippen LogP contribution in [-0.4, -0.2) is 19.5 Å². The first-order chi connectivity index (χ1) is 33.7. The Bertz CT molecular complexity index is 3660. The Hall–Kier alpha value is -9.23. The first-order valence-corrected chi connectivity index (χ1v) is 23.0. The minimum atomic E-state index is 0.493. The van der Waals surface area contributed by atoms with Gasteiger partial charge >= 0.3 is 0 Å². The van der Waals surface area contributed by atoms with Gasteiger partial charge in [0.1, 0.15) is 0 Å². The van der Waals surface area contributed by atoms with Crippen LogP contribution >= 0.6 is 0 Å². The van der Waals surface area contributed by atoms with E-state index in [-0.39, 0.29) is 0 Å². The lowest BCUT2D eigenvalue weighted by atomic mass is 9.91. The summed E-state index contributed by atoms with van der Waals surface area (Å²) < 4.78 is 2.37. The number of aromatic nitrogens is 4. The second kappa shape index (κ2) is 17.5. The van der Waals surface area contributed by atoms with E-state index in [0.717, 1.165) is 77.6 Å². The average Bonchev–Trinajstić information content (AvgIpc) is 3.71. The normalized spacial score (nSPS) is 11.2. The van der Waals surface area contributed by atoms with Crippen LogP contribution in [0.15, 0.2) is 194 Å². The van der Waals surface area contributed by atoms with E-state index in [1.807, 2.05) is 97.1 Å². The highest BCUT2D eigenvalue weighted by molar-refractivity contribution is 6.13. The number of hydrogen-bond acceptors (Lipinski definition) is 4. The number of rotatable bonds is 8. The Kier molecular flexibility index (Phi) is 10.8. The van der Waals surface area contributed by atoms with Gasteiger partial charge in [-0.15, -0.1) is 0 Å². The number of fused-ring (bicyclic) bond motifs is 3. The SMILES string of the molecule is [C-]#[N+]c1cccc(-c2cc(-c3nc(-c4ccccc4)nc(-c4ccccc4)n3)cc(-c3cccc(C#N)c3)c2-n2c3ccc(-c4ccc(C)cc4C)cc3c3cc(-c4ccc(C)cc4C)ccc32)c1. The van der Waals surface area contributed by atoms with Gasteiger partial charge < -0.3 is 4.57 Å². The van der Waals surface area contributed by atoms with Gasteiger partial charge in [0.25, 0.3) is 0 Å². The van der Waals surface area contributed by atoms with Crippen LogP contribution in [0.1, 0.15) is 27.8 Å². The van der Waals surface area contributed by atoms with Crippen molar-refractivity contribution in [2.45, 2.75) is 27.7 Å². The van der Waals surface area contributed by atoms with Gasteiger partial charge in [0, 0.05) is 38.6 Å². The summed E-state index contributed by atoms with van der Waals surface area (Å²) in [6.07, 6.45) is 0. The van der Waals surface area contributed by atoms with Crippen molar-refractivity contribution < 1.29 is 0 Å². The summed E-state index contributed by atoms with van der Waals surface area (Å²) in [4.78, 5) is 19.3. The maximum atomic E-state index is 10.3. The van der Waals surface area contributed by atoms with Crippen LogP contribution in [0.4, 0.5) is 5.69 Å². The Morgan fingerprint density at radius 3 is 1.38 bits per heavy atom. The fourth-order valence-corrected chi connectivity index (χ4v) is 9.76. The molecule has 0 aliphatic rings. The van der Waals surface area contributed by atoms with Gasteiger partial charge in [-0.3, -0.25) is 0 Å². The zero-order valence-electron chi connectivity index (χ0n) is 38.7. The van der Waals surface area contributed by atoms with Gasteiger partial charge in [-0.25, -0.2) is 19.8 Å². The van der Waals surface area contributed by atoms with Gasteiger partial charge in [0.15, 0.2) is 23.2 Å². The molecule has 69 heavy (non-hydrogen) atoms. The number of nitrogens with zero attached hydrogens (tertiary/aromatic N) is 6. The van der Waals surface area contributed by atoms with Crippen molar-refractivity contribution in [3.63, 3.8) is 0 Å². The molecule has 6 nitrogen and oxygen atoms in total. The Labute approximate surface area is 402 Å². The van der Waals surface area contributed by atoms with Gasteiger partial charge in [0.05, 0.1) is 34.9 Å². The lowest BCUT2D eigenvalue weighted by Crippen LogP contribution is -2.04. The molecule has 0 N–H and O–H groups in total. The Morgan fingerprint density at radius 1 is 0.420 bits per heavy atom. The van der Waals surface area contributed by atoms with Crippen LogP contribution in [0.5, 0.6) is 0 Å². The lowest BCUT2D eigenvalue weighted by Gasteiger charge is -2.21. The zero-order chi connectivity index (χ0) is 47.2. The first-order valence-electron chi connectivity index (χ1n) is 23.0. The highest BCUT2D eigenvalue weighted by Gasteiger charge is 2.24. The standard InChI is InChI=1S/C63H44N6/c1-39-22-26-52(41(3)30-39)48-24-28-58-56(34-48)57-35-49(53-27-23-40(2)31-42(53)4)25-29-59(57)69(58)60-54(46-19-12-14-43(32-46)38-64)36-50(37-55(60)47-20-13-21-51(33-47)65-5)63-67-61(44-15-8-6-9-16-44)66-62(68-63)45-17-10-7-11-18-45/h6-37H,1-4H3. The quantitative estimate of drug-likeness (QED) is 0.143. The summed E-state index contributed by atoms with van der Waals surface area (Å²) in [5.74, 6) is 1.59. The van der Waals surface area contributed by atoms with Crippen molar-refractivity contribution >= 4 is 27.5 Å². The predicted molar refractivity (Wildman–Crippen MR) is 282 cm³/mol. The molecule has 2 aromatic heterocycles. The van der Waals surface area contributed by atoms with Crippen LogP contribution in [-0.2, 0) is 0 Å². The molecular formula is C63H44N6. The molecule has 0 atom stereocenters. The van der Waals surface area contributed by atoms with Crippen molar-refractivity contribution in [1.82, 2.24) is 19.5 Å². The van der Waals surface area contributed by atoms with Crippen LogP contribution in [0.2, 0.25) is 0 Å². The maximum Gasteiger partial charge on any atom is 0.187 e. The predicted octanol–water partition coefficient (Wildman–Crippen LogP) is 16.3. The molecule has 0 aliphatic heterocycles. The molecule has 11 rings (SSSR count). The molecule has 0 saturated carbocycles. The molecule has 6 heteroatoms. The van der Waals surface area contributed by atoms with E-state index in [0.29, 0.717) is 28.7 Å². The summed E-state index contributed by atoms with van der Waals surface area (Å²) >= 11 is 0. The Balaban J connectivity index is 1.27. The van der Waals surface area contributed by atoms with E-state index in [1.54, 1.807) is 0 Å². The lowest BCUT2D eigenvalue weighted by molar-refractivity contribution is 1.07. The molecule has 0 spiro atoms. The van der Waals surface area contributed by atoms with E-state index in [2.05, 4.69) is 140 Å². The highest BCUT2D eigenvalue weighted by atomic mass is 15.0. The van der Waals surface area contributed by atoms with Crippen LogP contribution in [0.25, 0.3) is 111 Å². The van der Waals surface area contributed by atoms with E-state index in [4.69, 9.17) is 21.5 Å². The molecule has 0 fully saturated rings. The molecule has 9 aromatic carbocycles. The van der Waals surface area contributed by atoms with Gasteiger partial charge in [0.2, 0.25) is 0 Å². The maximum absolute atomic E-state index is 10.3. The molecule has 0 radical (unpaired) electrons. The summed E-state index contributed by atoms with van der Waals surface area (Å²) in [5.41, 5.74) is 19.5. The largest absolute Gasteiger partial charge is 0.308 e. The molecule has 0 aliphatic carbocycles. The van der Waals surface area contributed by atoms with Gasteiger partial charge in [-0.05, 0) is 127 Å². The Morgan fingerprint density at radius 2 is 0.884 bits per heavy atom. The smallest absolute Gasteiger partial charge is 0.187 e. The van der Waals surface area contributed by atoms with Crippen LogP contribution in [0, 0.1) is 45.6 Å². The number of hydrogen-bond donors (Lipinski definition) is 0. The summed E-state index contributed by atoms with van der Waals surface area (Å²) in [7, 11) is 0. The summed E-state index contributed by atoms with van der Waals surface area (Å²) in [6, 6.07) is 69.1. The minimum Gasteiger partial charge on any atom is -0.308 e. The molecule has 0 bridgehead atoms. The van der Waals surface area contributed by atoms with Crippen LogP contribution < -0.4 is 0 Å². The van der Waals surface area contributed by atoms with Gasteiger partial charge in [-0.1, -0.05) is 151 Å². The highest BCUT2D eigenvalue weighted by Crippen LogP contribution is 2.46. The van der Waals surface area contributed by atoms with Crippen molar-refractivity contribution in [1.29, 1.82) is 5.26 Å². The molecule has 11 aromatic rings. The van der Waals surface area contributed by atoms with E-state index < -0.39 is 0 Å². The van der Waals surface area contributed by atoms with Crippen molar-refractivity contribution in [2.24, 2.45) is 0 Å². The molecule has 0 saturated heterocycles. The number of benzene rings is 9. The molecule has 0 amide bonds. The van der Waals surface area contributed by atoms with Gasteiger partial charge in [-0.2, -0.15) is 5.26 Å². The van der Waals surface area contributed by atoms with Crippen molar-refractivity contribution in [3.8, 4) is 90.4 Å². The van der Waals surface area contributed by atoms with E-state index in [9.17, 15) is 5.26 Å². The molecule has 2 heterocycles. The molecule has 0 unspecified atom stereocenters.